The first-order chi connectivity index (χ1) is 52.7. The maximum atomic E-state index is 13.1. The second-order valence-electron chi connectivity index (χ2n) is 28.4. The molecule has 0 saturated heterocycles. The molecular weight excluding hydrogens is 1400 g/mol. The van der Waals surface area contributed by atoms with Crippen LogP contribution in [0.3, 0.4) is 0 Å². The molecule has 0 amide bonds. The number of hydrogen-bond acceptors (Lipinski definition) is 15. The van der Waals surface area contributed by atoms with Crippen LogP contribution in [0.15, 0.2) is 122 Å². The van der Waals surface area contributed by atoms with E-state index in [1.165, 1.54) is 64.2 Å². The standard InChI is InChI=1S/C89H154O17P2/c1-5-9-13-17-21-25-29-33-36-39-41-44-46-50-53-57-61-65-69-73-86(91)99-79-84(105-88(93)75-71-67-63-59-55-49-32-28-24-20-16-12-8-4)81-103-107(95,96)101-77-83(90)78-102-108(97,98)104-82-85(106-89(94)76-72-68-64-60-56-52-48-43-38-35-31-27-23-19-15-11-7-3)80-100-87(92)74-70-66-62-58-54-51-47-45-42-40-37-34-30-26-22-18-14-10-6-2/h11,15,21-23,25-28,32-38,41-42,44-45,83-85,90H,5-10,12-14,16-20,24,29-31,39-40,43,46-82H2,1-4H3,(H,95,96)(H,97,98)/b15-11-,25-21-,26-22-,27-23-,32-28-,36-33-,37-34-,38-35-,44-41-,45-42-. The monoisotopic (exact) mass is 1560 g/mol. The molecule has 5 unspecified atom stereocenters. The molecule has 0 aromatic heterocycles. The Kier molecular flexibility index (Phi) is 77.1. The first-order valence-corrected chi connectivity index (χ1v) is 45.8. The summed E-state index contributed by atoms with van der Waals surface area (Å²) in [5.74, 6) is -2.21. The van der Waals surface area contributed by atoms with Gasteiger partial charge in [-0.15, -0.1) is 0 Å². The summed E-state index contributed by atoms with van der Waals surface area (Å²) in [6, 6.07) is 0. The molecule has 17 nitrogen and oxygen atoms in total. The Bertz CT molecular complexity index is 2520. The highest BCUT2D eigenvalue weighted by molar-refractivity contribution is 7.47. The lowest BCUT2D eigenvalue weighted by Gasteiger charge is -2.21. The summed E-state index contributed by atoms with van der Waals surface area (Å²) >= 11 is 0. The first-order valence-electron chi connectivity index (χ1n) is 42.8. The van der Waals surface area contributed by atoms with Gasteiger partial charge in [-0.05, 0) is 161 Å². The van der Waals surface area contributed by atoms with Crippen LogP contribution >= 0.6 is 15.6 Å². The quantitative estimate of drug-likeness (QED) is 0.0169. The van der Waals surface area contributed by atoms with E-state index in [1.807, 2.05) is 0 Å². The number of rotatable bonds is 80. The maximum absolute atomic E-state index is 13.1. The van der Waals surface area contributed by atoms with Gasteiger partial charge in [0.05, 0.1) is 26.4 Å². The van der Waals surface area contributed by atoms with Gasteiger partial charge in [-0.25, -0.2) is 9.13 Å². The van der Waals surface area contributed by atoms with Crippen LogP contribution in [0.25, 0.3) is 0 Å². The number of ether oxygens (including phenoxy) is 4. The van der Waals surface area contributed by atoms with E-state index in [0.29, 0.717) is 25.7 Å². The number of esters is 4. The fraction of sp³-hybridized carbons (Fsp3) is 0.730. The summed E-state index contributed by atoms with van der Waals surface area (Å²) in [7, 11) is -9.98. The zero-order valence-corrected chi connectivity index (χ0v) is 70.0. The fourth-order valence-corrected chi connectivity index (χ4v) is 12.9. The predicted molar refractivity (Wildman–Crippen MR) is 445 cm³/mol. The molecule has 0 aromatic carbocycles. The fourth-order valence-electron chi connectivity index (χ4n) is 11.4. The van der Waals surface area contributed by atoms with Crippen molar-refractivity contribution in [2.24, 2.45) is 0 Å². The van der Waals surface area contributed by atoms with Crippen LogP contribution in [0, 0.1) is 0 Å². The van der Waals surface area contributed by atoms with Crippen LogP contribution in [0.2, 0.25) is 0 Å². The van der Waals surface area contributed by atoms with Crippen molar-refractivity contribution in [1.82, 2.24) is 0 Å². The van der Waals surface area contributed by atoms with Gasteiger partial charge in [0, 0.05) is 25.7 Å². The zero-order valence-electron chi connectivity index (χ0n) is 68.2. The lowest BCUT2D eigenvalue weighted by atomic mass is 10.1. The summed E-state index contributed by atoms with van der Waals surface area (Å²) in [5, 5.41) is 10.7. The Morgan fingerprint density at radius 1 is 0.269 bits per heavy atom. The van der Waals surface area contributed by atoms with Crippen molar-refractivity contribution in [3.63, 3.8) is 0 Å². The van der Waals surface area contributed by atoms with Crippen LogP contribution in [-0.4, -0.2) is 96.7 Å². The topological polar surface area (TPSA) is 237 Å². The molecule has 0 radical (unpaired) electrons. The highest BCUT2D eigenvalue weighted by Gasteiger charge is 2.30. The van der Waals surface area contributed by atoms with E-state index in [4.69, 9.17) is 37.0 Å². The minimum absolute atomic E-state index is 0.0788. The van der Waals surface area contributed by atoms with Gasteiger partial charge in [-0.1, -0.05) is 297 Å². The number of allylic oxidation sites excluding steroid dienone is 20. The molecule has 3 N–H and O–H groups in total. The molecule has 0 fully saturated rings. The van der Waals surface area contributed by atoms with Crippen molar-refractivity contribution < 1.29 is 80.2 Å². The molecule has 0 aliphatic rings. The molecule has 0 aliphatic heterocycles. The molecule has 0 aliphatic carbocycles. The summed E-state index contributed by atoms with van der Waals surface area (Å²) in [5.41, 5.74) is 0. The van der Waals surface area contributed by atoms with E-state index >= 15 is 0 Å². The van der Waals surface area contributed by atoms with Gasteiger partial charge in [-0.2, -0.15) is 0 Å². The second-order valence-corrected chi connectivity index (χ2v) is 31.3. The molecule has 0 heterocycles. The molecule has 108 heavy (non-hydrogen) atoms. The highest BCUT2D eigenvalue weighted by Crippen LogP contribution is 2.45. The van der Waals surface area contributed by atoms with Crippen molar-refractivity contribution >= 4 is 39.5 Å². The number of carbonyl (C=O) groups is 4. The Labute approximate surface area is 657 Å². The van der Waals surface area contributed by atoms with Gasteiger partial charge in [0.2, 0.25) is 0 Å². The summed E-state index contributed by atoms with van der Waals surface area (Å²) in [4.78, 5) is 73.2. The van der Waals surface area contributed by atoms with E-state index in [9.17, 15) is 43.2 Å². The molecule has 0 bridgehead atoms. The summed E-state index contributed by atoms with van der Waals surface area (Å²) < 4.78 is 68.8. The number of phosphoric acid groups is 2. The van der Waals surface area contributed by atoms with E-state index in [2.05, 4.69) is 149 Å². The minimum atomic E-state index is -4.99. The number of aliphatic hydroxyl groups excluding tert-OH is 1. The molecule has 0 aromatic rings. The Morgan fingerprint density at radius 2 is 0.481 bits per heavy atom. The summed E-state index contributed by atoms with van der Waals surface area (Å²) in [6.45, 7) is 4.70. The number of unbranched alkanes of at least 4 members (excludes halogenated alkanes) is 34. The third-order valence-electron chi connectivity index (χ3n) is 17.9. The average Bonchev–Trinajstić information content (AvgIpc) is 0.905. The van der Waals surface area contributed by atoms with Gasteiger partial charge in [0.15, 0.2) is 12.2 Å². The van der Waals surface area contributed by atoms with Crippen molar-refractivity contribution in [3.05, 3.63) is 122 Å². The van der Waals surface area contributed by atoms with Gasteiger partial charge in [-0.3, -0.25) is 37.3 Å². The molecule has 0 spiro atoms. The largest absolute Gasteiger partial charge is 0.472 e. The van der Waals surface area contributed by atoms with Gasteiger partial charge in [0.25, 0.3) is 0 Å². The van der Waals surface area contributed by atoms with E-state index < -0.39 is 97.5 Å². The third kappa shape index (κ3) is 79.5. The molecule has 0 saturated carbocycles. The van der Waals surface area contributed by atoms with Gasteiger partial charge >= 0.3 is 39.5 Å². The van der Waals surface area contributed by atoms with Crippen LogP contribution in [-0.2, 0) is 65.4 Å². The van der Waals surface area contributed by atoms with Crippen molar-refractivity contribution in [2.75, 3.05) is 39.6 Å². The summed E-state index contributed by atoms with van der Waals surface area (Å²) in [6.07, 6.45) is 90.1. The Hall–Kier alpha value is -4.54. The molecule has 622 valence electrons. The molecule has 19 heteroatoms. The van der Waals surface area contributed by atoms with Crippen LogP contribution in [0.5, 0.6) is 0 Å². The predicted octanol–water partition coefficient (Wildman–Crippen LogP) is 25.5. The lowest BCUT2D eigenvalue weighted by Crippen LogP contribution is -2.30. The Balaban J connectivity index is 5.38. The lowest BCUT2D eigenvalue weighted by molar-refractivity contribution is -0.161. The van der Waals surface area contributed by atoms with Crippen LogP contribution in [0.1, 0.15) is 362 Å². The molecule has 0 rings (SSSR count). The number of carbonyl (C=O) groups excluding carboxylic acids is 4. The van der Waals surface area contributed by atoms with Gasteiger partial charge < -0.3 is 33.8 Å². The maximum Gasteiger partial charge on any atom is 0.472 e. The van der Waals surface area contributed by atoms with E-state index in [0.717, 1.165) is 218 Å². The van der Waals surface area contributed by atoms with Crippen molar-refractivity contribution in [3.8, 4) is 0 Å². The highest BCUT2D eigenvalue weighted by atomic mass is 31.2. The number of hydrogen-bond donors (Lipinski definition) is 3. The molecular formula is C89H154O17P2. The number of aliphatic hydroxyl groups is 1. The first kappa shape index (κ1) is 103. The zero-order chi connectivity index (χ0) is 78.9. The SMILES string of the molecule is CC/C=C\C/C=C\C/C=C\CCCCCCCCCC(=O)OC(COC(=O)CCCCCCCC/C=C\C/C=C\C/C=C\CCCCC)COP(=O)(O)OCC(O)COP(=O)(O)OCC(COC(=O)CCCCCCCC/C=C\C/C=C\C/C=C\CCCCC)OC(=O)CCCCCCC/C=C\CCCCCC. The second kappa shape index (κ2) is 80.5. The van der Waals surface area contributed by atoms with Crippen LogP contribution in [0.4, 0.5) is 0 Å². The normalized spacial score (nSPS) is 14.4. The Morgan fingerprint density at radius 3 is 0.769 bits per heavy atom. The smallest absolute Gasteiger partial charge is 0.462 e. The van der Waals surface area contributed by atoms with E-state index in [1.54, 1.807) is 0 Å². The van der Waals surface area contributed by atoms with E-state index in [-0.39, 0.29) is 25.7 Å². The van der Waals surface area contributed by atoms with Crippen molar-refractivity contribution in [2.45, 2.75) is 380 Å². The third-order valence-corrected chi connectivity index (χ3v) is 19.8. The minimum Gasteiger partial charge on any atom is -0.462 e. The van der Waals surface area contributed by atoms with Crippen LogP contribution < -0.4 is 0 Å². The average molecular weight is 1560 g/mol. The van der Waals surface area contributed by atoms with Gasteiger partial charge in [0.1, 0.15) is 19.3 Å². The number of phosphoric ester groups is 2. The van der Waals surface area contributed by atoms with Crippen molar-refractivity contribution in [1.29, 1.82) is 0 Å². The molecule has 5 atom stereocenters.